The molecular formula is C24H31NO2. The van der Waals surface area contributed by atoms with Crippen molar-refractivity contribution in [1.82, 2.24) is 0 Å². The number of carbonyl (C=O) groups excluding carboxylic acids is 1. The summed E-state index contributed by atoms with van der Waals surface area (Å²) in [4.78, 5) is 13.3. The zero-order chi connectivity index (χ0) is 19.4. The lowest BCUT2D eigenvalue weighted by Crippen LogP contribution is -2.38. The highest BCUT2D eigenvalue weighted by atomic mass is 16.5. The van der Waals surface area contributed by atoms with Crippen molar-refractivity contribution >= 4 is 11.6 Å². The predicted molar refractivity (Wildman–Crippen MR) is 112 cm³/mol. The third-order valence-corrected chi connectivity index (χ3v) is 5.83. The summed E-state index contributed by atoms with van der Waals surface area (Å²) in [5.41, 5.74) is 3.83. The van der Waals surface area contributed by atoms with E-state index in [-0.39, 0.29) is 12.0 Å². The summed E-state index contributed by atoms with van der Waals surface area (Å²) < 4.78 is 5.94. The summed E-state index contributed by atoms with van der Waals surface area (Å²) in [6.07, 6.45) is 5.18. The first kappa shape index (κ1) is 19.5. The molecule has 0 bridgehead atoms. The molecule has 1 fully saturated rings. The van der Waals surface area contributed by atoms with E-state index in [1.165, 1.54) is 5.56 Å². The molecule has 1 N–H and O–H groups in total. The van der Waals surface area contributed by atoms with Crippen LogP contribution >= 0.6 is 0 Å². The summed E-state index contributed by atoms with van der Waals surface area (Å²) >= 11 is 0. The summed E-state index contributed by atoms with van der Waals surface area (Å²) in [5, 5.41) is 3.18. The van der Waals surface area contributed by atoms with Crippen molar-refractivity contribution in [2.45, 2.75) is 71.3 Å². The van der Waals surface area contributed by atoms with Crippen molar-refractivity contribution < 1.29 is 9.53 Å². The van der Waals surface area contributed by atoms with Crippen LogP contribution in [0.25, 0.3) is 0 Å². The highest BCUT2D eigenvalue weighted by Gasteiger charge is 2.42. The van der Waals surface area contributed by atoms with Gasteiger partial charge >= 0.3 is 0 Å². The molecule has 1 amide bonds. The third-order valence-electron chi connectivity index (χ3n) is 5.83. The van der Waals surface area contributed by atoms with Crippen LogP contribution in [0.4, 0.5) is 5.69 Å². The molecule has 2 aromatic rings. The van der Waals surface area contributed by atoms with E-state index in [1.807, 2.05) is 25.1 Å². The zero-order valence-electron chi connectivity index (χ0n) is 17.0. The van der Waals surface area contributed by atoms with E-state index in [4.69, 9.17) is 4.74 Å². The van der Waals surface area contributed by atoms with Crippen LogP contribution in [0.1, 0.15) is 62.6 Å². The van der Waals surface area contributed by atoms with Crippen molar-refractivity contribution in [1.29, 1.82) is 0 Å². The summed E-state index contributed by atoms with van der Waals surface area (Å²) in [6, 6.07) is 14.4. The summed E-state index contributed by atoms with van der Waals surface area (Å²) in [7, 11) is 0. The number of nitrogens with one attached hydrogen (secondary N) is 1. The maximum absolute atomic E-state index is 13.3. The van der Waals surface area contributed by atoms with Gasteiger partial charge in [0.05, 0.1) is 11.5 Å². The zero-order valence-corrected chi connectivity index (χ0v) is 17.0. The van der Waals surface area contributed by atoms with Gasteiger partial charge < -0.3 is 10.1 Å². The van der Waals surface area contributed by atoms with E-state index in [9.17, 15) is 4.79 Å². The molecule has 3 nitrogen and oxygen atoms in total. The molecule has 0 aliphatic heterocycles. The third kappa shape index (κ3) is 4.18. The molecule has 3 rings (SSSR count). The van der Waals surface area contributed by atoms with E-state index in [2.05, 4.69) is 50.4 Å². The van der Waals surface area contributed by atoms with Crippen molar-refractivity contribution in [2.24, 2.45) is 0 Å². The summed E-state index contributed by atoms with van der Waals surface area (Å²) in [5.74, 6) is 0.996. The first-order valence-corrected chi connectivity index (χ1v) is 10.1. The number of rotatable bonds is 6. The average Bonchev–Trinajstić information content (AvgIpc) is 3.15. The minimum atomic E-state index is -0.409. The molecule has 2 aromatic carbocycles. The minimum absolute atomic E-state index is 0.110. The van der Waals surface area contributed by atoms with E-state index in [1.54, 1.807) is 0 Å². The molecule has 27 heavy (non-hydrogen) atoms. The van der Waals surface area contributed by atoms with Gasteiger partial charge in [-0.1, -0.05) is 49.6 Å². The van der Waals surface area contributed by atoms with E-state index in [0.717, 1.165) is 54.7 Å². The Kier molecular flexibility index (Phi) is 5.88. The van der Waals surface area contributed by atoms with Crippen LogP contribution in [-0.4, -0.2) is 12.0 Å². The number of aryl methyl sites for hydroxylation is 2. The Morgan fingerprint density at radius 3 is 2.37 bits per heavy atom. The Balaban J connectivity index is 1.80. The second kappa shape index (κ2) is 8.16. The average molecular weight is 366 g/mol. The molecule has 0 unspecified atom stereocenters. The normalized spacial score (nSPS) is 16.7. The SMILES string of the molecule is CC[C@H](C)Oc1ccc(NC(=O)C2(c3ccc(C)cc3)CCCC2)cc1C. The molecule has 144 valence electrons. The van der Waals surface area contributed by atoms with Crippen LogP contribution in [-0.2, 0) is 10.2 Å². The monoisotopic (exact) mass is 365 g/mol. The largest absolute Gasteiger partial charge is 0.490 e. The standard InChI is InChI=1S/C24H31NO2/c1-5-19(4)27-22-13-12-21(16-18(22)3)25-23(26)24(14-6-7-15-24)20-10-8-17(2)9-11-20/h8-13,16,19H,5-7,14-15H2,1-4H3,(H,25,26)/t19-/m0/s1. The summed E-state index contributed by atoms with van der Waals surface area (Å²) in [6.45, 7) is 8.29. The van der Waals surface area contributed by atoms with Gasteiger partial charge in [0.25, 0.3) is 0 Å². The van der Waals surface area contributed by atoms with E-state index >= 15 is 0 Å². The topological polar surface area (TPSA) is 38.3 Å². The Hall–Kier alpha value is -2.29. The Labute approximate surface area is 163 Å². The second-order valence-corrected chi connectivity index (χ2v) is 7.93. The van der Waals surface area contributed by atoms with Crippen LogP contribution in [0.3, 0.4) is 0 Å². The molecular weight excluding hydrogens is 334 g/mol. The molecule has 0 spiro atoms. The van der Waals surface area contributed by atoms with E-state index < -0.39 is 5.41 Å². The molecule has 0 heterocycles. The molecule has 3 heteroatoms. The number of carbonyl (C=O) groups is 1. The van der Waals surface area contributed by atoms with Gasteiger partial charge in [0, 0.05) is 5.69 Å². The molecule has 1 aliphatic rings. The van der Waals surface area contributed by atoms with E-state index in [0.29, 0.717) is 0 Å². The number of benzene rings is 2. The number of amides is 1. The van der Waals surface area contributed by atoms with Crippen molar-refractivity contribution in [3.05, 3.63) is 59.2 Å². The van der Waals surface area contributed by atoms with Gasteiger partial charge in [-0.25, -0.2) is 0 Å². The van der Waals surface area contributed by atoms with Crippen LogP contribution in [0.5, 0.6) is 5.75 Å². The lowest BCUT2D eigenvalue weighted by atomic mass is 9.77. The quantitative estimate of drug-likeness (QED) is 0.689. The maximum Gasteiger partial charge on any atom is 0.235 e. The first-order valence-electron chi connectivity index (χ1n) is 10.1. The fraction of sp³-hybridized carbons (Fsp3) is 0.458. The highest BCUT2D eigenvalue weighted by molar-refractivity contribution is 5.99. The lowest BCUT2D eigenvalue weighted by molar-refractivity contribution is -0.121. The van der Waals surface area contributed by atoms with Gasteiger partial charge in [-0.2, -0.15) is 0 Å². The van der Waals surface area contributed by atoms with Crippen LogP contribution in [0.2, 0.25) is 0 Å². The minimum Gasteiger partial charge on any atom is -0.490 e. The molecule has 0 aromatic heterocycles. The first-order chi connectivity index (χ1) is 12.9. The molecule has 0 radical (unpaired) electrons. The van der Waals surface area contributed by atoms with Crippen molar-refractivity contribution in [2.75, 3.05) is 5.32 Å². The smallest absolute Gasteiger partial charge is 0.235 e. The van der Waals surface area contributed by atoms with Gasteiger partial charge in [0.2, 0.25) is 5.91 Å². The van der Waals surface area contributed by atoms with Crippen LogP contribution < -0.4 is 10.1 Å². The van der Waals surface area contributed by atoms with Crippen LogP contribution in [0, 0.1) is 13.8 Å². The van der Waals surface area contributed by atoms with Gasteiger partial charge in [0.1, 0.15) is 5.75 Å². The lowest BCUT2D eigenvalue weighted by Gasteiger charge is -2.28. The molecule has 1 saturated carbocycles. The Bertz CT molecular complexity index is 789. The maximum atomic E-state index is 13.3. The van der Waals surface area contributed by atoms with Gasteiger partial charge in [-0.3, -0.25) is 4.79 Å². The molecule has 1 atom stereocenters. The highest BCUT2D eigenvalue weighted by Crippen LogP contribution is 2.42. The Morgan fingerprint density at radius 1 is 1.11 bits per heavy atom. The molecule has 0 saturated heterocycles. The van der Waals surface area contributed by atoms with Gasteiger partial charge in [-0.15, -0.1) is 0 Å². The fourth-order valence-electron chi connectivity index (χ4n) is 3.91. The number of hydrogen-bond acceptors (Lipinski definition) is 2. The fourth-order valence-corrected chi connectivity index (χ4v) is 3.91. The van der Waals surface area contributed by atoms with Gasteiger partial charge in [-0.05, 0) is 69.4 Å². The van der Waals surface area contributed by atoms with Gasteiger partial charge in [0.15, 0.2) is 0 Å². The van der Waals surface area contributed by atoms with Crippen molar-refractivity contribution in [3.63, 3.8) is 0 Å². The number of ether oxygens (including phenoxy) is 1. The van der Waals surface area contributed by atoms with Crippen molar-refractivity contribution in [3.8, 4) is 5.75 Å². The predicted octanol–water partition coefficient (Wildman–Crippen LogP) is 5.93. The second-order valence-electron chi connectivity index (χ2n) is 7.93. The molecule has 1 aliphatic carbocycles. The number of anilines is 1. The van der Waals surface area contributed by atoms with Crippen LogP contribution in [0.15, 0.2) is 42.5 Å². The number of hydrogen-bond donors (Lipinski definition) is 1. The Morgan fingerprint density at radius 2 is 1.78 bits per heavy atom.